The van der Waals surface area contributed by atoms with Gasteiger partial charge in [-0.2, -0.15) is 5.10 Å². The highest BCUT2D eigenvalue weighted by atomic mass is 16.3. The van der Waals surface area contributed by atoms with E-state index in [9.17, 15) is 9.90 Å². The summed E-state index contributed by atoms with van der Waals surface area (Å²) in [5.74, 6) is 0. The van der Waals surface area contributed by atoms with Crippen LogP contribution in [0.15, 0.2) is 30.6 Å². The number of nitrogens with zero attached hydrogens (tertiary/aromatic N) is 3. The fraction of sp³-hybridized carbons (Fsp3) is 0.444. The normalized spacial score (nSPS) is 14.4. The molecule has 2 aromatic rings. The maximum absolute atomic E-state index is 12.1. The molecule has 25 heavy (non-hydrogen) atoms. The summed E-state index contributed by atoms with van der Waals surface area (Å²) in [6.07, 6.45) is 6.16. The van der Waals surface area contributed by atoms with Gasteiger partial charge in [-0.05, 0) is 56.6 Å². The van der Waals surface area contributed by atoms with Crippen LogP contribution in [-0.2, 0) is 19.4 Å². The Labute approximate surface area is 147 Å². The molecule has 1 aromatic carbocycles. The molecule has 1 aliphatic rings. The molecule has 1 atom stereocenters. The SMILES string of the molecule is CN(C)C[C@@H](O)Cn1cc(NC(=O)Nc2ccc3c(c2)CCC3)cn1. The van der Waals surface area contributed by atoms with Crippen molar-refractivity contribution in [2.24, 2.45) is 0 Å². The second-order valence-corrected chi connectivity index (χ2v) is 6.78. The second kappa shape index (κ2) is 7.67. The van der Waals surface area contributed by atoms with Crippen molar-refractivity contribution in [3.63, 3.8) is 0 Å². The Morgan fingerprint density at radius 2 is 2.04 bits per heavy atom. The molecule has 3 N–H and O–H groups in total. The number of carbonyl (C=O) groups excluding carboxylic acids is 1. The molecule has 3 rings (SSSR count). The zero-order valence-corrected chi connectivity index (χ0v) is 14.7. The number of aliphatic hydroxyl groups excluding tert-OH is 1. The van der Waals surface area contributed by atoms with E-state index in [1.165, 1.54) is 17.5 Å². The number of anilines is 2. The van der Waals surface area contributed by atoms with Crippen LogP contribution in [0, 0.1) is 0 Å². The van der Waals surface area contributed by atoms with Gasteiger partial charge in [0, 0.05) is 18.4 Å². The molecule has 0 spiro atoms. The molecule has 2 amide bonds. The molecular weight excluding hydrogens is 318 g/mol. The van der Waals surface area contributed by atoms with Crippen LogP contribution in [0.4, 0.5) is 16.2 Å². The van der Waals surface area contributed by atoms with Crippen molar-refractivity contribution in [3.8, 4) is 0 Å². The Morgan fingerprint density at radius 1 is 1.28 bits per heavy atom. The van der Waals surface area contributed by atoms with Crippen molar-refractivity contribution >= 4 is 17.4 Å². The Hall–Kier alpha value is -2.38. The smallest absolute Gasteiger partial charge is 0.323 e. The molecule has 0 radical (unpaired) electrons. The first kappa shape index (κ1) is 17.4. The average Bonchev–Trinajstić information content (AvgIpc) is 3.15. The van der Waals surface area contributed by atoms with Gasteiger partial charge >= 0.3 is 6.03 Å². The summed E-state index contributed by atoms with van der Waals surface area (Å²) in [5.41, 5.74) is 4.09. The molecular formula is C18H25N5O2. The third-order valence-electron chi connectivity index (χ3n) is 4.22. The molecule has 1 aliphatic carbocycles. The molecule has 134 valence electrons. The molecule has 1 aromatic heterocycles. The van der Waals surface area contributed by atoms with Gasteiger partial charge in [-0.15, -0.1) is 0 Å². The van der Waals surface area contributed by atoms with Crippen molar-refractivity contribution in [2.75, 3.05) is 31.3 Å². The van der Waals surface area contributed by atoms with Gasteiger partial charge in [0.1, 0.15) is 0 Å². The Balaban J connectivity index is 1.53. The molecule has 0 fully saturated rings. The average molecular weight is 343 g/mol. The maximum atomic E-state index is 12.1. The number of aromatic nitrogens is 2. The minimum Gasteiger partial charge on any atom is -0.390 e. The maximum Gasteiger partial charge on any atom is 0.323 e. The van der Waals surface area contributed by atoms with Gasteiger partial charge in [0.2, 0.25) is 0 Å². The number of aliphatic hydroxyl groups is 1. The van der Waals surface area contributed by atoms with E-state index in [0.717, 1.165) is 18.5 Å². The number of aryl methyl sites for hydroxylation is 2. The van der Waals surface area contributed by atoms with Gasteiger partial charge in [0.05, 0.1) is 24.5 Å². The van der Waals surface area contributed by atoms with E-state index >= 15 is 0 Å². The fourth-order valence-corrected chi connectivity index (χ4v) is 3.17. The lowest BCUT2D eigenvalue weighted by Gasteiger charge is -2.15. The van der Waals surface area contributed by atoms with Gasteiger partial charge in [-0.1, -0.05) is 6.07 Å². The van der Waals surface area contributed by atoms with Gasteiger partial charge in [0.15, 0.2) is 0 Å². The van der Waals surface area contributed by atoms with Gasteiger partial charge in [-0.25, -0.2) is 4.79 Å². The van der Waals surface area contributed by atoms with Crippen LogP contribution in [0.25, 0.3) is 0 Å². The van der Waals surface area contributed by atoms with Crippen LogP contribution < -0.4 is 10.6 Å². The number of carbonyl (C=O) groups is 1. The summed E-state index contributed by atoms with van der Waals surface area (Å²) < 4.78 is 1.62. The third-order valence-corrected chi connectivity index (χ3v) is 4.22. The highest BCUT2D eigenvalue weighted by molar-refractivity contribution is 5.99. The number of fused-ring (bicyclic) bond motifs is 1. The first-order valence-corrected chi connectivity index (χ1v) is 8.54. The van der Waals surface area contributed by atoms with Gasteiger partial charge < -0.3 is 20.6 Å². The number of amides is 2. The van der Waals surface area contributed by atoms with Crippen LogP contribution >= 0.6 is 0 Å². The highest BCUT2D eigenvalue weighted by Crippen LogP contribution is 2.24. The fourth-order valence-electron chi connectivity index (χ4n) is 3.17. The highest BCUT2D eigenvalue weighted by Gasteiger charge is 2.12. The van der Waals surface area contributed by atoms with Crippen LogP contribution in [0.3, 0.4) is 0 Å². The number of urea groups is 1. The van der Waals surface area contributed by atoms with E-state index in [1.54, 1.807) is 17.1 Å². The number of nitrogens with one attached hydrogen (secondary N) is 2. The topological polar surface area (TPSA) is 82.4 Å². The van der Waals surface area contributed by atoms with E-state index in [4.69, 9.17) is 0 Å². The predicted molar refractivity (Wildman–Crippen MR) is 97.9 cm³/mol. The molecule has 0 saturated carbocycles. The van der Waals surface area contributed by atoms with Crippen molar-refractivity contribution in [2.45, 2.75) is 31.9 Å². The van der Waals surface area contributed by atoms with E-state index in [1.807, 2.05) is 31.1 Å². The molecule has 0 unspecified atom stereocenters. The van der Waals surface area contributed by atoms with Gasteiger partial charge in [0.25, 0.3) is 0 Å². The van der Waals surface area contributed by atoms with Crippen molar-refractivity contribution < 1.29 is 9.90 Å². The number of hydrogen-bond acceptors (Lipinski definition) is 4. The summed E-state index contributed by atoms with van der Waals surface area (Å²) in [5, 5.41) is 19.7. The summed E-state index contributed by atoms with van der Waals surface area (Å²) in [6, 6.07) is 5.77. The molecule has 7 nitrogen and oxygen atoms in total. The van der Waals surface area contributed by atoms with E-state index in [0.29, 0.717) is 18.8 Å². The Kier molecular flexibility index (Phi) is 5.35. The third kappa shape index (κ3) is 4.80. The lowest BCUT2D eigenvalue weighted by molar-refractivity contribution is 0.116. The van der Waals surface area contributed by atoms with Crippen LogP contribution in [0.5, 0.6) is 0 Å². The van der Waals surface area contributed by atoms with E-state index in [-0.39, 0.29) is 6.03 Å². The number of rotatable bonds is 6. The minimum atomic E-state index is -0.511. The standard InChI is InChI=1S/C18H25N5O2/c1-22(2)11-17(24)12-23-10-16(9-19-23)21-18(25)20-15-7-6-13-4-3-5-14(13)8-15/h6-10,17,24H,3-5,11-12H2,1-2H3,(H2,20,21,25)/t17-/m1/s1. The zero-order valence-electron chi connectivity index (χ0n) is 14.7. The summed E-state index contributed by atoms with van der Waals surface area (Å²) in [6.45, 7) is 0.938. The molecule has 1 heterocycles. The first-order chi connectivity index (χ1) is 12.0. The number of likely N-dealkylation sites (N-methyl/N-ethyl adjacent to an activating group) is 1. The largest absolute Gasteiger partial charge is 0.390 e. The molecule has 7 heteroatoms. The summed E-state index contributed by atoms with van der Waals surface area (Å²) >= 11 is 0. The Morgan fingerprint density at radius 3 is 2.84 bits per heavy atom. The van der Waals surface area contributed by atoms with Crippen molar-refractivity contribution in [1.82, 2.24) is 14.7 Å². The summed E-state index contributed by atoms with van der Waals surface area (Å²) in [4.78, 5) is 14.1. The minimum absolute atomic E-state index is 0.300. The lowest BCUT2D eigenvalue weighted by atomic mass is 10.1. The van der Waals surface area contributed by atoms with Gasteiger partial charge in [-0.3, -0.25) is 4.68 Å². The monoisotopic (exact) mass is 343 g/mol. The predicted octanol–water partition coefficient (Wildman–Crippen LogP) is 1.94. The molecule has 0 saturated heterocycles. The lowest BCUT2D eigenvalue weighted by Crippen LogP contribution is -2.29. The zero-order chi connectivity index (χ0) is 17.8. The van der Waals surface area contributed by atoms with Crippen LogP contribution in [0.2, 0.25) is 0 Å². The molecule has 0 aliphatic heterocycles. The summed E-state index contributed by atoms with van der Waals surface area (Å²) in [7, 11) is 3.81. The quantitative estimate of drug-likeness (QED) is 0.749. The van der Waals surface area contributed by atoms with E-state index < -0.39 is 6.10 Å². The van der Waals surface area contributed by atoms with Crippen molar-refractivity contribution in [1.29, 1.82) is 0 Å². The van der Waals surface area contributed by atoms with E-state index in [2.05, 4.69) is 21.8 Å². The first-order valence-electron chi connectivity index (χ1n) is 8.54. The number of benzene rings is 1. The van der Waals surface area contributed by atoms with Crippen LogP contribution in [-0.4, -0.2) is 52.6 Å². The van der Waals surface area contributed by atoms with Crippen LogP contribution in [0.1, 0.15) is 17.5 Å². The molecule has 0 bridgehead atoms. The Bertz CT molecular complexity index is 741. The number of hydrogen-bond donors (Lipinski definition) is 3. The van der Waals surface area contributed by atoms with Crippen molar-refractivity contribution in [3.05, 3.63) is 41.7 Å². The second-order valence-electron chi connectivity index (χ2n) is 6.78.